The van der Waals surface area contributed by atoms with Gasteiger partial charge < -0.3 is 23.7 Å². The molecule has 0 unspecified atom stereocenters. The zero-order chi connectivity index (χ0) is 20.7. The molecule has 27 heavy (non-hydrogen) atoms. The van der Waals surface area contributed by atoms with Crippen LogP contribution in [0.2, 0.25) is 0 Å². The van der Waals surface area contributed by atoms with E-state index in [4.69, 9.17) is 23.7 Å². The molecule has 0 aromatic rings. The fraction of sp³-hybridized carbons (Fsp3) is 0.889. The van der Waals surface area contributed by atoms with Crippen molar-refractivity contribution in [2.24, 2.45) is 4.99 Å². The van der Waals surface area contributed by atoms with Gasteiger partial charge in [-0.2, -0.15) is 0 Å². The average Bonchev–Trinajstić information content (AvgIpc) is 2.53. The van der Waals surface area contributed by atoms with Gasteiger partial charge >= 0.3 is 6.09 Å². The van der Waals surface area contributed by atoms with Gasteiger partial charge in [0.2, 0.25) is 0 Å². The number of aliphatic imine (C=N–C) groups is 1. The summed E-state index contributed by atoms with van der Waals surface area (Å²) in [5, 5.41) is 3.09. The lowest BCUT2D eigenvalue weighted by molar-refractivity contribution is -0.326. The highest BCUT2D eigenvalue weighted by molar-refractivity contribution is 8.13. The van der Waals surface area contributed by atoms with Crippen LogP contribution in [0.3, 0.4) is 0 Å². The van der Waals surface area contributed by atoms with Gasteiger partial charge in [0.15, 0.2) is 17.2 Å². The van der Waals surface area contributed by atoms with Gasteiger partial charge in [0.25, 0.3) is 0 Å². The van der Waals surface area contributed by atoms with E-state index in [9.17, 15) is 4.79 Å². The zero-order valence-electron chi connectivity index (χ0n) is 17.7. The molecule has 1 fully saturated rings. The second-order valence-corrected chi connectivity index (χ2v) is 8.20. The van der Waals surface area contributed by atoms with E-state index in [1.807, 2.05) is 34.0 Å². The Morgan fingerprint density at radius 3 is 2.37 bits per heavy atom. The van der Waals surface area contributed by atoms with Crippen molar-refractivity contribution in [3.63, 3.8) is 0 Å². The molecule has 1 heterocycles. The van der Waals surface area contributed by atoms with Crippen LogP contribution in [0.15, 0.2) is 4.99 Å². The maximum absolute atomic E-state index is 12.1. The van der Waals surface area contributed by atoms with Crippen LogP contribution in [0.1, 0.15) is 48.5 Å². The molecule has 1 rings (SSSR count). The lowest BCUT2D eigenvalue weighted by Crippen LogP contribution is -2.54. The number of alkyl carbamates (subject to hydrolysis) is 1. The summed E-state index contributed by atoms with van der Waals surface area (Å²) in [6.07, 6.45) is 0.205. The van der Waals surface area contributed by atoms with E-state index in [1.165, 1.54) is 11.8 Å². The second kappa shape index (κ2) is 10.6. The smallest absolute Gasteiger partial charge is 0.413 e. The molecule has 1 aliphatic rings. The Balaban J connectivity index is 2.98. The van der Waals surface area contributed by atoms with Crippen molar-refractivity contribution >= 4 is 23.0 Å². The topological polar surface area (TPSA) is 87.6 Å². The molecule has 158 valence electrons. The fourth-order valence-electron chi connectivity index (χ4n) is 2.41. The van der Waals surface area contributed by atoms with Crippen molar-refractivity contribution in [2.45, 2.75) is 78.3 Å². The molecule has 0 bridgehead atoms. The van der Waals surface area contributed by atoms with Gasteiger partial charge in [-0.15, -0.1) is 0 Å². The Bertz CT molecular complexity index is 501. The van der Waals surface area contributed by atoms with Gasteiger partial charge in [0.1, 0.15) is 17.7 Å². The van der Waals surface area contributed by atoms with Gasteiger partial charge in [0.05, 0.1) is 6.61 Å². The molecule has 0 aromatic carbocycles. The maximum atomic E-state index is 12.1. The Kier molecular flexibility index (Phi) is 9.50. The van der Waals surface area contributed by atoms with Crippen LogP contribution in [0.5, 0.6) is 0 Å². The standard InChI is InChI=1S/C18H34N2O6S/c1-9-22-14(23-10-2)13-12(11-24-18(6,7)25-13)19-15(27-8)20-16(21)26-17(3,4)5/h12-14H,9-11H2,1-8H3,(H,19,20,21)/t12-,13-/m1/s1. The summed E-state index contributed by atoms with van der Waals surface area (Å²) in [6, 6.07) is -0.404. The third kappa shape index (κ3) is 8.78. The van der Waals surface area contributed by atoms with E-state index in [2.05, 4.69) is 10.3 Å². The van der Waals surface area contributed by atoms with Crippen molar-refractivity contribution < 1.29 is 28.5 Å². The quantitative estimate of drug-likeness (QED) is 0.412. The van der Waals surface area contributed by atoms with E-state index in [-0.39, 0.29) is 0 Å². The fourth-order valence-corrected chi connectivity index (χ4v) is 2.84. The van der Waals surface area contributed by atoms with Crippen LogP contribution in [0.4, 0.5) is 4.79 Å². The average molecular weight is 407 g/mol. The summed E-state index contributed by atoms with van der Waals surface area (Å²) in [7, 11) is 0. The molecular formula is C18H34N2O6S. The second-order valence-electron chi connectivity index (χ2n) is 7.40. The molecule has 0 spiro atoms. The lowest BCUT2D eigenvalue weighted by atomic mass is 10.1. The predicted molar refractivity (Wildman–Crippen MR) is 106 cm³/mol. The SMILES string of the molecule is CCOC(OCC)[C@@H]1OC(C)(C)OC[C@H]1N=C(NC(=O)OC(C)(C)C)SC. The first-order valence-corrected chi connectivity index (χ1v) is 10.4. The minimum Gasteiger partial charge on any atom is -0.444 e. The van der Waals surface area contributed by atoms with Crippen molar-refractivity contribution in [1.29, 1.82) is 0 Å². The van der Waals surface area contributed by atoms with E-state index in [0.717, 1.165) is 0 Å². The maximum Gasteiger partial charge on any atom is 0.413 e. The number of nitrogens with one attached hydrogen (secondary N) is 1. The van der Waals surface area contributed by atoms with Gasteiger partial charge in [-0.05, 0) is 54.7 Å². The largest absolute Gasteiger partial charge is 0.444 e. The van der Waals surface area contributed by atoms with Crippen LogP contribution in [-0.4, -0.2) is 67.2 Å². The summed E-state index contributed by atoms with van der Waals surface area (Å²) in [5.74, 6) is -0.777. The van der Waals surface area contributed by atoms with Crippen LogP contribution in [0.25, 0.3) is 0 Å². The highest BCUT2D eigenvalue weighted by Gasteiger charge is 2.42. The van der Waals surface area contributed by atoms with E-state index in [0.29, 0.717) is 25.0 Å². The van der Waals surface area contributed by atoms with Crippen LogP contribution in [-0.2, 0) is 23.7 Å². The monoisotopic (exact) mass is 406 g/mol. The number of carbonyl (C=O) groups is 1. The number of nitrogens with zero attached hydrogens (tertiary/aromatic N) is 1. The minimum absolute atomic E-state index is 0.314. The number of amides is 1. The Hall–Kier alpha value is -0.870. The van der Waals surface area contributed by atoms with E-state index < -0.39 is 35.9 Å². The molecule has 1 saturated heterocycles. The number of carbonyl (C=O) groups excluding carboxylic acids is 1. The van der Waals surface area contributed by atoms with Gasteiger partial charge in [-0.3, -0.25) is 10.3 Å². The first-order chi connectivity index (χ1) is 12.5. The number of hydrogen-bond donors (Lipinski definition) is 1. The molecule has 0 saturated carbocycles. The number of rotatable bonds is 6. The summed E-state index contributed by atoms with van der Waals surface area (Å²) in [6.45, 7) is 14.1. The summed E-state index contributed by atoms with van der Waals surface area (Å²) < 4.78 is 28.5. The van der Waals surface area contributed by atoms with Crippen molar-refractivity contribution in [1.82, 2.24) is 5.32 Å². The van der Waals surface area contributed by atoms with Gasteiger partial charge in [-0.1, -0.05) is 11.8 Å². The van der Waals surface area contributed by atoms with Crippen molar-refractivity contribution in [3.8, 4) is 0 Å². The van der Waals surface area contributed by atoms with E-state index >= 15 is 0 Å². The first-order valence-electron chi connectivity index (χ1n) is 9.18. The normalized spacial score (nSPS) is 23.4. The Morgan fingerprint density at radius 1 is 1.30 bits per heavy atom. The molecule has 0 aromatic heterocycles. The molecular weight excluding hydrogens is 372 g/mol. The third-order valence-electron chi connectivity index (χ3n) is 3.42. The third-order valence-corrected chi connectivity index (χ3v) is 4.01. The van der Waals surface area contributed by atoms with Crippen molar-refractivity contribution in [3.05, 3.63) is 0 Å². The first kappa shape index (κ1) is 24.2. The number of thioether (sulfide) groups is 1. The van der Waals surface area contributed by atoms with Crippen LogP contribution < -0.4 is 5.32 Å². The number of amidine groups is 1. The molecule has 0 radical (unpaired) electrons. The molecule has 1 N–H and O–H groups in total. The Morgan fingerprint density at radius 2 is 1.89 bits per heavy atom. The summed E-state index contributed by atoms with van der Waals surface area (Å²) in [4.78, 5) is 16.7. The van der Waals surface area contributed by atoms with Crippen LogP contribution >= 0.6 is 11.8 Å². The molecule has 8 nitrogen and oxygen atoms in total. The van der Waals surface area contributed by atoms with Crippen LogP contribution in [0, 0.1) is 0 Å². The highest BCUT2D eigenvalue weighted by atomic mass is 32.2. The zero-order valence-corrected chi connectivity index (χ0v) is 18.5. The summed E-state index contributed by atoms with van der Waals surface area (Å²) in [5.41, 5.74) is -0.591. The van der Waals surface area contributed by atoms with Gasteiger partial charge in [0, 0.05) is 13.2 Å². The van der Waals surface area contributed by atoms with E-state index in [1.54, 1.807) is 20.8 Å². The van der Waals surface area contributed by atoms with Gasteiger partial charge in [-0.25, -0.2) is 4.79 Å². The molecule has 0 aliphatic carbocycles. The predicted octanol–water partition coefficient (Wildman–Crippen LogP) is 3.15. The lowest BCUT2D eigenvalue weighted by Gasteiger charge is -2.42. The number of hydrogen-bond acceptors (Lipinski definition) is 8. The highest BCUT2D eigenvalue weighted by Crippen LogP contribution is 2.28. The summed E-state index contributed by atoms with van der Waals surface area (Å²) >= 11 is 1.30. The van der Waals surface area contributed by atoms with Crippen molar-refractivity contribution in [2.75, 3.05) is 26.1 Å². The molecule has 9 heteroatoms. The number of ether oxygens (including phenoxy) is 5. The molecule has 2 atom stereocenters. The molecule has 1 amide bonds. The minimum atomic E-state index is -0.777. The molecule has 1 aliphatic heterocycles. The Labute approximate surface area is 166 Å².